The van der Waals surface area contributed by atoms with Crippen LogP contribution in [0.5, 0.6) is 0 Å². The first kappa shape index (κ1) is 19.8. The van der Waals surface area contributed by atoms with Crippen LogP contribution in [0.15, 0.2) is 30.4 Å². The summed E-state index contributed by atoms with van der Waals surface area (Å²) < 4.78 is 17.3. The van der Waals surface area contributed by atoms with Gasteiger partial charge in [-0.2, -0.15) is 0 Å². The fourth-order valence-electron chi connectivity index (χ4n) is 3.71. The van der Waals surface area contributed by atoms with E-state index in [0.29, 0.717) is 18.4 Å². The third-order valence-electron chi connectivity index (χ3n) is 4.79. The van der Waals surface area contributed by atoms with Gasteiger partial charge in [-0.3, -0.25) is 0 Å². The molecule has 0 radical (unpaired) electrons. The van der Waals surface area contributed by atoms with E-state index in [9.17, 15) is 9.90 Å². The van der Waals surface area contributed by atoms with Crippen LogP contribution in [0.4, 0.5) is 0 Å². The van der Waals surface area contributed by atoms with Gasteiger partial charge in [0.15, 0.2) is 5.79 Å². The molecule has 0 aliphatic carbocycles. The summed E-state index contributed by atoms with van der Waals surface area (Å²) in [5.74, 6) is -1.06. The predicted molar refractivity (Wildman–Crippen MR) is 103 cm³/mol. The Balaban J connectivity index is 1.94. The number of hydrogen-bond donors (Lipinski definition) is 1. The van der Waals surface area contributed by atoms with E-state index in [2.05, 4.69) is 0 Å². The molecule has 146 valence electrons. The topological polar surface area (TPSA) is 65.0 Å². The quantitative estimate of drug-likeness (QED) is 0.556. The van der Waals surface area contributed by atoms with Gasteiger partial charge in [0.1, 0.15) is 12.2 Å². The smallest absolute Gasteiger partial charge is 0.339 e. The average Bonchev–Trinajstić information content (AvgIpc) is 2.88. The number of ether oxygens (including phenoxy) is 3. The summed E-state index contributed by atoms with van der Waals surface area (Å²) >= 11 is 0. The highest BCUT2D eigenvalue weighted by atomic mass is 16.8. The van der Waals surface area contributed by atoms with Crippen LogP contribution >= 0.6 is 0 Å². The summed E-state index contributed by atoms with van der Waals surface area (Å²) in [7, 11) is 0. The molecule has 2 aliphatic rings. The molecule has 27 heavy (non-hydrogen) atoms. The standard InChI is InChI=1S/C22H28O5/c1-14-12-15(2)19-16(13-14)8-7-10-18-20(27-22(3,4)26-18)17(23)9-5-6-11-25-21(19)24/h5,7-9,12-13,17-18,20,23H,6,10-11H2,1-4H3/b8-7+,9-5-/t17?,18-,20?/m0/s1. The Kier molecular flexibility index (Phi) is 5.84. The monoisotopic (exact) mass is 372 g/mol. The van der Waals surface area contributed by atoms with Crippen molar-refractivity contribution in [1.29, 1.82) is 0 Å². The Hall–Kier alpha value is -1.95. The largest absolute Gasteiger partial charge is 0.462 e. The van der Waals surface area contributed by atoms with Gasteiger partial charge in [-0.15, -0.1) is 0 Å². The fourth-order valence-corrected chi connectivity index (χ4v) is 3.71. The van der Waals surface area contributed by atoms with Crippen LogP contribution in [0.3, 0.4) is 0 Å². The van der Waals surface area contributed by atoms with E-state index in [0.717, 1.165) is 16.7 Å². The number of rotatable bonds is 0. The lowest BCUT2D eigenvalue weighted by molar-refractivity contribution is -0.152. The lowest BCUT2D eigenvalue weighted by Crippen LogP contribution is -2.34. The number of aliphatic hydroxyl groups is 1. The second-order valence-electron chi connectivity index (χ2n) is 7.67. The maximum Gasteiger partial charge on any atom is 0.339 e. The second kappa shape index (κ2) is 7.97. The molecule has 5 heteroatoms. The van der Waals surface area contributed by atoms with Gasteiger partial charge in [0.2, 0.25) is 0 Å². The Morgan fingerprint density at radius 1 is 1.15 bits per heavy atom. The molecule has 2 unspecified atom stereocenters. The van der Waals surface area contributed by atoms with Crippen LogP contribution in [-0.2, 0) is 14.2 Å². The molecule has 3 atom stereocenters. The molecule has 1 aromatic rings. The van der Waals surface area contributed by atoms with Crippen molar-refractivity contribution >= 4 is 12.0 Å². The maximum absolute atomic E-state index is 12.6. The van der Waals surface area contributed by atoms with E-state index in [-0.39, 0.29) is 18.7 Å². The summed E-state index contributed by atoms with van der Waals surface area (Å²) in [6.45, 7) is 7.89. The zero-order chi connectivity index (χ0) is 19.6. The third-order valence-corrected chi connectivity index (χ3v) is 4.79. The molecule has 1 N–H and O–H groups in total. The van der Waals surface area contributed by atoms with Crippen LogP contribution in [0, 0.1) is 13.8 Å². The number of aryl methyl sites for hydroxylation is 2. The molecule has 5 nitrogen and oxygen atoms in total. The molecule has 0 aromatic heterocycles. The number of aliphatic hydroxyl groups excluding tert-OH is 1. The molecule has 1 aromatic carbocycles. The molecule has 0 spiro atoms. The van der Waals surface area contributed by atoms with Crippen LogP contribution in [0.25, 0.3) is 6.08 Å². The molecule has 1 fully saturated rings. The van der Waals surface area contributed by atoms with E-state index in [1.54, 1.807) is 6.08 Å². The summed E-state index contributed by atoms with van der Waals surface area (Å²) in [4.78, 5) is 12.6. The number of esters is 1. The van der Waals surface area contributed by atoms with Crippen molar-refractivity contribution in [2.24, 2.45) is 0 Å². The molecule has 3 rings (SSSR count). The Bertz CT molecular complexity index is 762. The minimum atomic E-state index is -0.777. The van der Waals surface area contributed by atoms with Crippen molar-refractivity contribution in [2.75, 3.05) is 6.61 Å². The molecule has 0 amide bonds. The number of carbonyl (C=O) groups excluding carboxylic acids is 1. The minimum Gasteiger partial charge on any atom is -0.462 e. The van der Waals surface area contributed by atoms with E-state index < -0.39 is 18.0 Å². The first-order chi connectivity index (χ1) is 12.8. The van der Waals surface area contributed by atoms with Gasteiger partial charge in [-0.1, -0.05) is 42.0 Å². The third kappa shape index (κ3) is 4.67. The lowest BCUT2D eigenvalue weighted by Gasteiger charge is -2.19. The van der Waals surface area contributed by atoms with Crippen LogP contribution in [-0.4, -0.2) is 41.8 Å². The van der Waals surface area contributed by atoms with Gasteiger partial charge >= 0.3 is 5.97 Å². The van der Waals surface area contributed by atoms with Crippen molar-refractivity contribution < 1.29 is 24.1 Å². The van der Waals surface area contributed by atoms with Crippen molar-refractivity contribution in [2.45, 2.75) is 64.6 Å². The highest BCUT2D eigenvalue weighted by Gasteiger charge is 2.43. The van der Waals surface area contributed by atoms with E-state index in [1.807, 2.05) is 58.1 Å². The maximum atomic E-state index is 12.6. The second-order valence-corrected chi connectivity index (χ2v) is 7.67. The highest BCUT2D eigenvalue weighted by molar-refractivity contribution is 5.95. The molecule has 2 heterocycles. The Morgan fingerprint density at radius 2 is 1.93 bits per heavy atom. The minimum absolute atomic E-state index is 0.259. The van der Waals surface area contributed by atoms with Crippen molar-refractivity contribution in [3.63, 3.8) is 0 Å². The Labute approximate surface area is 160 Å². The van der Waals surface area contributed by atoms with E-state index >= 15 is 0 Å². The van der Waals surface area contributed by atoms with Gasteiger partial charge in [0, 0.05) is 0 Å². The number of cyclic esters (lactones) is 1. The Morgan fingerprint density at radius 3 is 2.70 bits per heavy atom. The van der Waals surface area contributed by atoms with Crippen LogP contribution in [0.2, 0.25) is 0 Å². The normalized spacial score (nSPS) is 30.6. The molecule has 1 saturated heterocycles. The zero-order valence-corrected chi connectivity index (χ0v) is 16.4. The average molecular weight is 372 g/mol. The number of carbonyl (C=O) groups is 1. The summed E-state index contributed by atoms with van der Waals surface area (Å²) in [6.07, 6.45) is 7.01. The fraction of sp³-hybridized carbons (Fsp3) is 0.500. The molecular weight excluding hydrogens is 344 g/mol. The van der Waals surface area contributed by atoms with E-state index in [4.69, 9.17) is 14.2 Å². The van der Waals surface area contributed by atoms with E-state index in [1.165, 1.54) is 0 Å². The van der Waals surface area contributed by atoms with Crippen LogP contribution < -0.4 is 0 Å². The molecule has 2 aliphatic heterocycles. The van der Waals surface area contributed by atoms with Crippen LogP contribution in [0.1, 0.15) is 53.7 Å². The van der Waals surface area contributed by atoms with Gasteiger partial charge in [0.25, 0.3) is 0 Å². The lowest BCUT2D eigenvalue weighted by atomic mass is 9.97. The SMILES string of the molecule is Cc1cc(C)c2c(c1)/C=C/C[C@@H]1OC(C)(C)OC1C(O)/C=C\CCOC2=O. The number of benzene rings is 1. The number of fused-ring (bicyclic) bond motifs is 2. The number of hydrogen-bond acceptors (Lipinski definition) is 5. The molecule has 0 bridgehead atoms. The van der Waals surface area contributed by atoms with Crippen molar-refractivity contribution in [3.8, 4) is 0 Å². The first-order valence-electron chi connectivity index (χ1n) is 9.42. The highest BCUT2D eigenvalue weighted by Crippen LogP contribution is 2.32. The van der Waals surface area contributed by atoms with Gasteiger partial charge in [-0.05, 0) is 51.7 Å². The van der Waals surface area contributed by atoms with Gasteiger partial charge < -0.3 is 19.3 Å². The van der Waals surface area contributed by atoms with Crippen molar-refractivity contribution in [3.05, 3.63) is 52.6 Å². The molecule has 0 saturated carbocycles. The summed E-state index contributed by atoms with van der Waals surface area (Å²) in [6, 6.07) is 3.97. The van der Waals surface area contributed by atoms with Gasteiger partial charge in [-0.25, -0.2) is 4.79 Å². The summed E-state index contributed by atoms with van der Waals surface area (Å²) in [5, 5.41) is 10.5. The summed E-state index contributed by atoms with van der Waals surface area (Å²) in [5.41, 5.74) is 3.42. The first-order valence-corrected chi connectivity index (χ1v) is 9.42. The molecular formula is C22H28O5. The van der Waals surface area contributed by atoms with Gasteiger partial charge in [0.05, 0.1) is 18.3 Å². The zero-order valence-electron chi connectivity index (χ0n) is 16.4. The predicted octanol–water partition coefficient (Wildman–Crippen LogP) is 3.70. The van der Waals surface area contributed by atoms with Crippen molar-refractivity contribution in [1.82, 2.24) is 0 Å².